The number of H-pyrrole nitrogens is 1. The fraction of sp³-hybridized carbons (Fsp3) is 0.231. The molecule has 2 amide bonds. The number of aromatic amines is 1. The van der Waals surface area contributed by atoms with Crippen molar-refractivity contribution >= 4 is 34.1 Å². The first-order valence-corrected chi connectivity index (χ1v) is 11.8. The lowest BCUT2D eigenvalue weighted by atomic mass is 10.0. The maximum absolute atomic E-state index is 13.4. The number of rotatable bonds is 10. The molecule has 8 heteroatoms. The molecule has 34 heavy (non-hydrogen) atoms. The van der Waals surface area contributed by atoms with E-state index in [1.165, 1.54) is 11.3 Å². The molecule has 0 aliphatic heterocycles. The molecule has 7 nitrogen and oxygen atoms in total. The van der Waals surface area contributed by atoms with Crippen molar-refractivity contribution in [3.8, 4) is 11.5 Å². The summed E-state index contributed by atoms with van der Waals surface area (Å²) in [4.78, 5) is 31.6. The molecule has 176 valence electrons. The topological polar surface area (TPSA) is 83.7 Å². The second-order valence-electron chi connectivity index (χ2n) is 7.83. The number of carbonyl (C=O) groups excluding carboxylic acids is 2. The first kappa shape index (κ1) is 23.4. The summed E-state index contributed by atoms with van der Waals surface area (Å²) < 4.78 is 11.1. The van der Waals surface area contributed by atoms with Crippen LogP contribution < -0.4 is 14.8 Å². The molecular weight excluding hydrogens is 450 g/mol. The minimum absolute atomic E-state index is 0.182. The minimum Gasteiger partial charge on any atom is -0.493 e. The summed E-state index contributed by atoms with van der Waals surface area (Å²) in [6, 6.07) is 18.1. The van der Waals surface area contributed by atoms with Crippen LogP contribution in [0.15, 0.2) is 72.2 Å². The summed E-state index contributed by atoms with van der Waals surface area (Å²) in [5.74, 6) is 0.815. The van der Waals surface area contributed by atoms with Crippen LogP contribution >= 0.6 is 11.3 Å². The van der Waals surface area contributed by atoms with Crippen molar-refractivity contribution in [2.45, 2.75) is 12.5 Å². The highest BCUT2D eigenvalue weighted by Crippen LogP contribution is 2.25. The number of nitrogens with one attached hydrogen (secondary N) is 2. The van der Waals surface area contributed by atoms with Crippen LogP contribution in [0.25, 0.3) is 10.9 Å². The van der Waals surface area contributed by atoms with Gasteiger partial charge in [-0.05, 0) is 35.2 Å². The van der Waals surface area contributed by atoms with Crippen LogP contribution in [0.4, 0.5) is 0 Å². The Morgan fingerprint density at radius 1 is 1.06 bits per heavy atom. The molecule has 0 fully saturated rings. The van der Waals surface area contributed by atoms with Crippen LogP contribution in [0.3, 0.4) is 0 Å². The summed E-state index contributed by atoms with van der Waals surface area (Å²) in [7, 11) is 3.30. The molecule has 2 N–H and O–H groups in total. The highest BCUT2D eigenvalue weighted by atomic mass is 32.1. The van der Waals surface area contributed by atoms with Gasteiger partial charge in [-0.2, -0.15) is 0 Å². The Morgan fingerprint density at radius 3 is 2.59 bits per heavy atom. The number of methoxy groups -OCH3 is 1. The van der Waals surface area contributed by atoms with Gasteiger partial charge in [0.1, 0.15) is 12.6 Å². The van der Waals surface area contributed by atoms with Gasteiger partial charge in [0.05, 0.1) is 18.5 Å². The number of likely N-dealkylation sites (N-methyl/N-ethyl adjacent to an activating group) is 1. The second kappa shape index (κ2) is 10.9. The van der Waals surface area contributed by atoms with Crippen molar-refractivity contribution in [3.63, 3.8) is 0 Å². The summed E-state index contributed by atoms with van der Waals surface area (Å²) in [6.45, 7) is 0.650. The summed E-state index contributed by atoms with van der Waals surface area (Å²) in [5, 5.41) is 5.81. The highest BCUT2D eigenvalue weighted by Gasteiger charge is 2.26. The molecular formula is C26H27N3O4S. The van der Waals surface area contributed by atoms with E-state index in [1.54, 1.807) is 25.1 Å². The number of nitrogens with zero attached hydrogens (tertiary/aromatic N) is 1. The van der Waals surface area contributed by atoms with Crippen LogP contribution in [-0.2, 0) is 11.2 Å². The van der Waals surface area contributed by atoms with Gasteiger partial charge >= 0.3 is 0 Å². The lowest BCUT2D eigenvalue weighted by Crippen LogP contribution is -2.49. The largest absolute Gasteiger partial charge is 0.493 e. The summed E-state index contributed by atoms with van der Waals surface area (Å²) in [6.07, 6.45) is 2.27. The van der Waals surface area contributed by atoms with Crippen molar-refractivity contribution in [3.05, 3.63) is 82.7 Å². The average Bonchev–Trinajstić information content (AvgIpc) is 3.54. The van der Waals surface area contributed by atoms with Gasteiger partial charge in [0.15, 0.2) is 11.5 Å². The number of hydrogen-bond donors (Lipinski definition) is 2. The molecule has 2 aromatic carbocycles. The second-order valence-corrected chi connectivity index (χ2v) is 8.77. The number of aromatic nitrogens is 1. The van der Waals surface area contributed by atoms with Crippen molar-refractivity contribution in [1.82, 2.24) is 15.2 Å². The zero-order valence-electron chi connectivity index (χ0n) is 19.1. The lowest BCUT2D eigenvalue weighted by molar-refractivity contribution is -0.132. The molecule has 0 aliphatic carbocycles. The third kappa shape index (κ3) is 5.40. The van der Waals surface area contributed by atoms with Crippen molar-refractivity contribution in [1.29, 1.82) is 0 Å². The molecule has 0 radical (unpaired) electrons. The molecule has 0 saturated heterocycles. The van der Waals surface area contributed by atoms with Gasteiger partial charge in [0, 0.05) is 30.6 Å². The van der Waals surface area contributed by atoms with E-state index in [4.69, 9.17) is 9.47 Å². The molecule has 2 heterocycles. The number of carbonyl (C=O) groups is 2. The molecule has 4 rings (SSSR count). The Labute approximate surface area is 202 Å². The van der Waals surface area contributed by atoms with E-state index in [1.807, 2.05) is 66.2 Å². The summed E-state index contributed by atoms with van der Waals surface area (Å²) in [5.41, 5.74) is 1.96. The van der Waals surface area contributed by atoms with E-state index in [-0.39, 0.29) is 11.8 Å². The molecule has 0 bridgehead atoms. The Bertz CT molecular complexity index is 1250. The highest BCUT2D eigenvalue weighted by molar-refractivity contribution is 7.12. The van der Waals surface area contributed by atoms with Gasteiger partial charge in [0.25, 0.3) is 5.91 Å². The molecule has 0 saturated carbocycles. The van der Waals surface area contributed by atoms with Crippen molar-refractivity contribution < 1.29 is 19.1 Å². The average molecular weight is 478 g/mol. The quantitative estimate of drug-likeness (QED) is 0.360. The number of para-hydroxylation sites is 3. The minimum atomic E-state index is -0.718. The van der Waals surface area contributed by atoms with Crippen LogP contribution in [0.1, 0.15) is 15.2 Å². The Balaban J connectivity index is 1.46. The molecule has 1 atom stereocenters. The van der Waals surface area contributed by atoms with Gasteiger partial charge < -0.3 is 24.7 Å². The number of ether oxygens (including phenoxy) is 2. The monoisotopic (exact) mass is 477 g/mol. The van der Waals surface area contributed by atoms with Gasteiger partial charge in [-0.1, -0.05) is 36.4 Å². The number of fused-ring (bicyclic) bond motifs is 1. The molecule has 2 aromatic heterocycles. The van der Waals surface area contributed by atoms with Gasteiger partial charge in [-0.3, -0.25) is 9.59 Å². The van der Waals surface area contributed by atoms with Crippen molar-refractivity contribution in [2.75, 3.05) is 27.3 Å². The molecule has 0 aliphatic rings. The van der Waals surface area contributed by atoms with Gasteiger partial charge in [-0.15, -0.1) is 11.3 Å². The number of benzene rings is 2. The summed E-state index contributed by atoms with van der Waals surface area (Å²) >= 11 is 1.34. The first-order chi connectivity index (χ1) is 16.6. The van der Waals surface area contributed by atoms with E-state index in [0.717, 1.165) is 16.5 Å². The van der Waals surface area contributed by atoms with Crippen LogP contribution in [0.5, 0.6) is 11.5 Å². The van der Waals surface area contributed by atoms with Gasteiger partial charge in [-0.25, -0.2) is 0 Å². The Hall–Kier alpha value is -3.78. The Kier molecular flexibility index (Phi) is 7.49. The van der Waals surface area contributed by atoms with E-state index in [9.17, 15) is 9.59 Å². The first-order valence-electron chi connectivity index (χ1n) is 11.0. The van der Waals surface area contributed by atoms with Gasteiger partial charge in [0.2, 0.25) is 5.91 Å². The zero-order chi connectivity index (χ0) is 23.9. The number of amides is 2. The van der Waals surface area contributed by atoms with E-state index in [2.05, 4.69) is 10.3 Å². The normalized spacial score (nSPS) is 11.7. The van der Waals surface area contributed by atoms with Crippen molar-refractivity contribution in [2.24, 2.45) is 0 Å². The smallest absolute Gasteiger partial charge is 0.262 e. The van der Waals surface area contributed by atoms with Crippen LogP contribution in [0.2, 0.25) is 0 Å². The molecule has 0 spiro atoms. The number of hydrogen-bond acceptors (Lipinski definition) is 5. The standard InChI is InChI=1S/C26H27N3O4S/c1-29(13-14-33-23-11-6-5-10-22(23)32-2)26(31)21(28-25(30)24-12-7-15-34-24)16-18-17-27-20-9-4-3-8-19(18)20/h3-12,15,17,21,27H,13-14,16H2,1-2H3,(H,28,30). The number of thiophene rings is 1. The zero-order valence-corrected chi connectivity index (χ0v) is 19.9. The van der Waals surface area contributed by atoms with E-state index >= 15 is 0 Å². The molecule has 4 aromatic rings. The molecule has 1 unspecified atom stereocenters. The van der Waals surface area contributed by atoms with Crippen LogP contribution in [0, 0.1) is 0 Å². The predicted molar refractivity (Wildman–Crippen MR) is 134 cm³/mol. The fourth-order valence-corrected chi connectivity index (χ4v) is 4.39. The fourth-order valence-electron chi connectivity index (χ4n) is 3.76. The van der Waals surface area contributed by atoms with E-state index in [0.29, 0.717) is 35.9 Å². The van der Waals surface area contributed by atoms with Crippen LogP contribution in [-0.4, -0.2) is 55.0 Å². The third-order valence-corrected chi connectivity index (χ3v) is 6.45. The Morgan fingerprint density at radius 2 is 1.82 bits per heavy atom. The third-order valence-electron chi connectivity index (χ3n) is 5.58. The maximum atomic E-state index is 13.4. The predicted octanol–water partition coefficient (Wildman–Crippen LogP) is 4.12. The SMILES string of the molecule is COc1ccccc1OCCN(C)C(=O)C(Cc1c[nH]c2ccccc12)NC(=O)c1cccs1. The maximum Gasteiger partial charge on any atom is 0.262 e. The lowest BCUT2D eigenvalue weighted by Gasteiger charge is -2.25. The van der Waals surface area contributed by atoms with E-state index < -0.39 is 6.04 Å².